The molecular weight excluding hydrogens is 431 g/mol. The lowest BCUT2D eigenvalue weighted by molar-refractivity contribution is 0.601. The molecule has 106 valence electrons. The predicted octanol–water partition coefficient (Wildman–Crippen LogP) is 4.25. The first-order valence-electron chi connectivity index (χ1n) is 5.33. The highest BCUT2D eigenvalue weighted by Gasteiger charge is 2.21. The zero-order chi connectivity index (χ0) is 14.9. The summed E-state index contributed by atoms with van der Waals surface area (Å²) in [5.41, 5.74) is 6.39. The fraction of sp³-hybridized carbons (Fsp3) is 0. The van der Waals surface area contributed by atoms with Crippen molar-refractivity contribution < 1.29 is 8.42 Å². The number of anilines is 2. The van der Waals surface area contributed by atoms with E-state index in [-0.39, 0.29) is 20.1 Å². The summed E-state index contributed by atoms with van der Waals surface area (Å²) in [5, 5.41) is 0.248. The van der Waals surface area contributed by atoms with E-state index in [0.29, 0.717) is 10.2 Å². The van der Waals surface area contributed by atoms with Crippen LogP contribution in [0.2, 0.25) is 5.02 Å². The highest BCUT2D eigenvalue weighted by Crippen LogP contribution is 2.33. The van der Waals surface area contributed by atoms with Gasteiger partial charge in [-0.1, -0.05) is 23.7 Å². The van der Waals surface area contributed by atoms with Gasteiger partial charge in [0, 0.05) is 15.2 Å². The number of rotatable bonds is 3. The van der Waals surface area contributed by atoms with Crippen molar-refractivity contribution >= 4 is 64.9 Å². The molecule has 0 bridgehead atoms. The van der Waals surface area contributed by atoms with Crippen molar-refractivity contribution in [3.05, 3.63) is 50.4 Å². The summed E-state index contributed by atoms with van der Waals surface area (Å²) in [6.45, 7) is 0. The summed E-state index contributed by atoms with van der Waals surface area (Å²) < 4.78 is 28.2. The normalized spacial score (nSPS) is 11.3. The van der Waals surface area contributed by atoms with Crippen LogP contribution >= 0.6 is 43.5 Å². The Morgan fingerprint density at radius 1 is 1.15 bits per heavy atom. The Morgan fingerprint density at radius 3 is 2.45 bits per heavy atom. The molecule has 0 fully saturated rings. The summed E-state index contributed by atoms with van der Waals surface area (Å²) >= 11 is 12.3. The zero-order valence-electron chi connectivity index (χ0n) is 9.90. The third-order valence-corrected chi connectivity index (χ3v) is 5.89. The number of nitrogens with two attached hydrogens (primary N) is 1. The van der Waals surface area contributed by atoms with Gasteiger partial charge < -0.3 is 5.73 Å². The number of hydrogen-bond donors (Lipinski definition) is 2. The molecular formula is C12H9Br2ClN2O2S. The van der Waals surface area contributed by atoms with Gasteiger partial charge >= 0.3 is 0 Å². The summed E-state index contributed by atoms with van der Waals surface area (Å²) in [4.78, 5) is -0.0155. The van der Waals surface area contributed by atoms with Gasteiger partial charge in [0.1, 0.15) is 4.90 Å². The molecule has 3 N–H and O–H groups in total. The highest BCUT2D eigenvalue weighted by molar-refractivity contribution is 9.11. The van der Waals surface area contributed by atoms with Gasteiger partial charge in [-0.3, -0.25) is 4.72 Å². The Hall–Kier alpha value is -0.760. The maximum atomic E-state index is 12.4. The lowest BCUT2D eigenvalue weighted by Crippen LogP contribution is -2.14. The van der Waals surface area contributed by atoms with Crippen LogP contribution in [0.3, 0.4) is 0 Å². The van der Waals surface area contributed by atoms with E-state index in [1.54, 1.807) is 24.3 Å². The number of sulfonamides is 1. The fourth-order valence-electron chi connectivity index (χ4n) is 1.52. The lowest BCUT2D eigenvalue weighted by atomic mass is 10.3. The van der Waals surface area contributed by atoms with Crippen molar-refractivity contribution in [2.75, 3.05) is 10.5 Å². The van der Waals surface area contributed by atoms with Gasteiger partial charge in [-0.2, -0.15) is 0 Å². The molecule has 0 heterocycles. The Morgan fingerprint density at radius 2 is 1.80 bits per heavy atom. The second-order valence-corrected chi connectivity index (χ2v) is 7.63. The second kappa shape index (κ2) is 5.93. The number of nitrogen functional groups attached to an aromatic ring is 1. The van der Waals surface area contributed by atoms with Crippen molar-refractivity contribution in [2.24, 2.45) is 0 Å². The maximum absolute atomic E-state index is 12.4. The van der Waals surface area contributed by atoms with E-state index >= 15 is 0 Å². The minimum atomic E-state index is -3.80. The molecule has 2 aromatic rings. The molecule has 0 radical (unpaired) electrons. The summed E-state index contributed by atoms with van der Waals surface area (Å²) in [5.74, 6) is 0. The van der Waals surface area contributed by atoms with Gasteiger partial charge in [0.05, 0.1) is 10.2 Å². The first kappa shape index (κ1) is 15.6. The molecule has 0 aliphatic carbocycles. The third-order valence-electron chi connectivity index (χ3n) is 2.44. The molecule has 0 aliphatic rings. The van der Waals surface area contributed by atoms with Gasteiger partial charge in [0.25, 0.3) is 10.0 Å². The van der Waals surface area contributed by atoms with E-state index in [2.05, 4.69) is 36.6 Å². The number of benzene rings is 2. The zero-order valence-corrected chi connectivity index (χ0v) is 14.6. The molecule has 8 heteroatoms. The molecule has 0 aromatic heterocycles. The van der Waals surface area contributed by atoms with E-state index in [1.165, 1.54) is 12.1 Å². The SMILES string of the molecule is Nc1cc(Cl)cc(S(=O)(=O)Nc2ccccc2Br)c1Br. The minimum absolute atomic E-state index is 0.0155. The topological polar surface area (TPSA) is 72.2 Å². The molecule has 0 unspecified atom stereocenters. The van der Waals surface area contributed by atoms with Crippen LogP contribution in [0.4, 0.5) is 11.4 Å². The molecule has 0 atom stereocenters. The third kappa shape index (κ3) is 3.28. The van der Waals surface area contributed by atoms with E-state index in [9.17, 15) is 8.42 Å². The van der Waals surface area contributed by atoms with Crippen molar-refractivity contribution in [1.82, 2.24) is 0 Å². The largest absolute Gasteiger partial charge is 0.398 e. The first-order valence-corrected chi connectivity index (χ1v) is 8.78. The standard InChI is InChI=1S/C12H9Br2ClN2O2S/c13-8-3-1-2-4-10(8)17-20(18,19)11-6-7(15)5-9(16)12(11)14/h1-6,17H,16H2. The van der Waals surface area contributed by atoms with Crippen molar-refractivity contribution in [2.45, 2.75) is 4.90 Å². The second-order valence-electron chi connectivity index (χ2n) is 3.89. The number of nitrogens with one attached hydrogen (secondary N) is 1. The van der Waals surface area contributed by atoms with E-state index in [1.807, 2.05) is 0 Å². The van der Waals surface area contributed by atoms with Gasteiger partial charge in [0.2, 0.25) is 0 Å². The van der Waals surface area contributed by atoms with Crippen molar-refractivity contribution in [1.29, 1.82) is 0 Å². The summed E-state index contributed by atoms with van der Waals surface area (Å²) in [7, 11) is -3.80. The monoisotopic (exact) mass is 438 g/mol. The molecule has 2 aromatic carbocycles. The smallest absolute Gasteiger partial charge is 0.263 e. The van der Waals surface area contributed by atoms with E-state index in [4.69, 9.17) is 17.3 Å². The molecule has 4 nitrogen and oxygen atoms in total. The molecule has 0 saturated carbocycles. The number of para-hydroxylation sites is 1. The quantitative estimate of drug-likeness (QED) is 0.701. The molecule has 0 amide bonds. The molecule has 20 heavy (non-hydrogen) atoms. The maximum Gasteiger partial charge on any atom is 0.263 e. The predicted molar refractivity (Wildman–Crippen MR) is 88.5 cm³/mol. The van der Waals surface area contributed by atoms with Crippen LogP contribution in [0, 0.1) is 0 Å². The average molecular weight is 441 g/mol. The van der Waals surface area contributed by atoms with Crippen LogP contribution in [0.1, 0.15) is 0 Å². The highest BCUT2D eigenvalue weighted by atomic mass is 79.9. The van der Waals surface area contributed by atoms with Crippen LogP contribution in [0.25, 0.3) is 0 Å². The summed E-state index contributed by atoms with van der Waals surface area (Å²) in [6, 6.07) is 9.70. The van der Waals surface area contributed by atoms with E-state index < -0.39 is 10.0 Å². The number of hydrogen-bond acceptors (Lipinski definition) is 3. The van der Waals surface area contributed by atoms with Crippen molar-refractivity contribution in [3.63, 3.8) is 0 Å². The van der Waals surface area contributed by atoms with Crippen LogP contribution < -0.4 is 10.5 Å². The van der Waals surface area contributed by atoms with Gasteiger partial charge in [-0.15, -0.1) is 0 Å². The minimum Gasteiger partial charge on any atom is -0.398 e. The van der Waals surface area contributed by atoms with Gasteiger partial charge in [-0.25, -0.2) is 8.42 Å². The number of halogens is 3. The van der Waals surface area contributed by atoms with Crippen LogP contribution in [0.5, 0.6) is 0 Å². The first-order chi connectivity index (χ1) is 9.31. The van der Waals surface area contributed by atoms with Crippen LogP contribution in [-0.4, -0.2) is 8.42 Å². The molecule has 2 rings (SSSR count). The lowest BCUT2D eigenvalue weighted by Gasteiger charge is -2.12. The Labute approximate surface area is 138 Å². The molecule has 0 spiro atoms. The van der Waals surface area contributed by atoms with Crippen LogP contribution in [-0.2, 0) is 10.0 Å². The summed E-state index contributed by atoms with van der Waals surface area (Å²) in [6.07, 6.45) is 0. The van der Waals surface area contributed by atoms with Gasteiger partial charge in [-0.05, 0) is 56.1 Å². The Kier molecular flexibility index (Phi) is 4.63. The molecule has 0 aliphatic heterocycles. The molecule has 0 saturated heterocycles. The Balaban J connectivity index is 2.49. The fourth-order valence-corrected chi connectivity index (χ4v) is 4.41. The van der Waals surface area contributed by atoms with Crippen LogP contribution in [0.15, 0.2) is 50.2 Å². The average Bonchev–Trinajstić information content (AvgIpc) is 2.36. The van der Waals surface area contributed by atoms with Gasteiger partial charge in [0.15, 0.2) is 0 Å². The van der Waals surface area contributed by atoms with E-state index in [0.717, 1.165) is 0 Å². The van der Waals surface area contributed by atoms with Crippen molar-refractivity contribution in [3.8, 4) is 0 Å². The Bertz CT molecular complexity index is 766.